The molecule has 4 heteroatoms. The zero-order valence-electron chi connectivity index (χ0n) is 10.4. The maximum atomic E-state index is 9.80. The van der Waals surface area contributed by atoms with Crippen molar-refractivity contribution in [3.05, 3.63) is 42.5 Å². The van der Waals surface area contributed by atoms with Crippen molar-refractivity contribution < 1.29 is 19.7 Å². The molecule has 1 aliphatic heterocycles. The van der Waals surface area contributed by atoms with E-state index < -0.39 is 18.5 Å². The van der Waals surface area contributed by atoms with Gasteiger partial charge in [0.2, 0.25) is 6.29 Å². The molecule has 19 heavy (non-hydrogen) atoms. The standard InChI is InChI=1S/C15H16O4/c16-12-8-14(17)15(18-9-12)19-13-6-5-10-3-1-2-4-11(10)7-13/h1-7,12,14-17H,8-9H2/t12-,14+,15-/m0/s1. The Morgan fingerprint density at radius 2 is 1.84 bits per heavy atom. The molecule has 0 unspecified atom stereocenters. The van der Waals surface area contributed by atoms with Crippen LogP contribution in [0.15, 0.2) is 42.5 Å². The second-order valence-electron chi connectivity index (χ2n) is 4.79. The van der Waals surface area contributed by atoms with Crippen molar-refractivity contribution >= 4 is 10.8 Å². The van der Waals surface area contributed by atoms with E-state index in [9.17, 15) is 10.2 Å². The average molecular weight is 260 g/mol. The first-order valence-electron chi connectivity index (χ1n) is 6.35. The van der Waals surface area contributed by atoms with Crippen molar-refractivity contribution in [3.8, 4) is 5.75 Å². The number of fused-ring (bicyclic) bond motifs is 1. The third-order valence-electron chi connectivity index (χ3n) is 3.25. The second-order valence-corrected chi connectivity index (χ2v) is 4.79. The average Bonchev–Trinajstić information content (AvgIpc) is 2.42. The molecular weight excluding hydrogens is 244 g/mol. The zero-order chi connectivity index (χ0) is 13.2. The highest BCUT2D eigenvalue weighted by Crippen LogP contribution is 2.24. The van der Waals surface area contributed by atoms with Crippen LogP contribution in [-0.2, 0) is 4.74 Å². The molecule has 2 aromatic rings. The Bertz CT molecular complexity index is 569. The molecule has 1 saturated heterocycles. The summed E-state index contributed by atoms with van der Waals surface area (Å²) >= 11 is 0. The summed E-state index contributed by atoms with van der Waals surface area (Å²) in [5.74, 6) is 0.652. The summed E-state index contributed by atoms with van der Waals surface area (Å²) in [4.78, 5) is 0. The molecule has 2 aromatic carbocycles. The molecule has 0 aromatic heterocycles. The molecule has 1 aliphatic rings. The lowest BCUT2D eigenvalue weighted by Gasteiger charge is -2.31. The monoisotopic (exact) mass is 260 g/mol. The number of aliphatic hydroxyl groups is 2. The van der Waals surface area contributed by atoms with Gasteiger partial charge in [0.25, 0.3) is 0 Å². The van der Waals surface area contributed by atoms with Gasteiger partial charge in [-0.15, -0.1) is 0 Å². The highest BCUT2D eigenvalue weighted by atomic mass is 16.7. The fourth-order valence-electron chi connectivity index (χ4n) is 2.26. The molecule has 1 heterocycles. The molecule has 0 saturated carbocycles. The minimum Gasteiger partial charge on any atom is -0.462 e. The van der Waals surface area contributed by atoms with Crippen molar-refractivity contribution in [2.45, 2.75) is 24.9 Å². The summed E-state index contributed by atoms with van der Waals surface area (Å²) in [5.41, 5.74) is 0. The van der Waals surface area contributed by atoms with Gasteiger partial charge in [0.15, 0.2) is 0 Å². The van der Waals surface area contributed by atoms with Gasteiger partial charge in [0.05, 0.1) is 12.7 Å². The highest BCUT2D eigenvalue weighted by Gasteiger charge is 2.30. The lowest BCUT2D eigenvalue weighted by Crippen LogP contribution is -2.44. The number of aliphatic hydroxyl groups excluding tert-OH is 2. The molecular formula is C15H16O4. The number of ether oxygens (including phenoxy) is 2. The lowest BCUT2D eigenvalue weighted by atomic mass is 10.1. The molecule has 100 valence electrons. The highest BCUT2D eigenvalue weighted by molar-refractivity contribution is 5.83. The Morgan fingerprint density at radius 3 is 2.63 bits per heavy atom. The predicted octanol–water partition coefficient (Wildman–Crippen LogP) is 1.69. The van der Waals surface area contributed by atoms with Crippen LogP contribution in [0.2, 0.25) is 0 Å². The van der Waals surface area contributed by atoms with E-state index in [2.05, 4.69) is 0 Å². The quantitative estimate of drug-likeness (QED) is 0.862. The second kappa shape index (κ2) is 5.17. The van der Waals surface area contributed by atoms with Crippen LogP contribution in [0.1, 0.15) is 6.42 Å². The summed E-state index contributed by atoms with van der Waals surface area (Å²) in [5, 5.41) is 21.4. The number of benzene rings is 2. The molecule has 0 aliphatic carbocycles. The van der Waals surface area contributed by atoms with Crippen LogP contribution in [-0.4, -0.2) is 35.3 Å². The van der Waals surface area contributed by atoms with Gasteiger partial charge in [-0.25, -0.2) is 0 Å². The smallest absolute Gasteiger partial charge is 0.226 e. The van der Waals surface area contributed by atoms with E-state index in [1.807, 2.05) is 42.5 Å². The summed E-state index contributed by atoms with van der Waals surface area (Å²) in [6.45, 7) is 0.190. The van der Waals surface area contributed by atoms with E-state index >= 15 is 0 Å². The van der Waals surface area contributed by atoms with Crippen molar-refractivity contribution in [2.75, 3.05) is 6.61 Å². The van der Waals surface area contributed by atoms with Gasteiger partial charge in [0.1, 0.15) is 11.9 Å². The van der Waals surface area contributed by atoms with E-state index in [4.69, 9.17) is 9.47 Å². The Labute approximate surface area is 111 Å². The van der Waals surface area contributed by atoms with Gasteiger partial charge < -0.3 is 19.7 Å². The fraction of sp³-hybridized carbons (Fsp3) is 0.333. The molecule has 2 N–H and O–H groups in total. The molecule has 4 nitrogen and oxygen atoms in total. The van der Waals surface area contributed by atoms with Gasteiger partial charge >= 0.3 is 0 Å². The number of hydrogen-bond acceptors (Lipinski definition) is 4. The van der Waals surface area contributed by atoms with Crippen LogP contribution in [0.25, 0.3) is 10.8 Å². The lowest BCUT2D eigenvalue weighted by molar-refractivity contribution is -0.198. The summed E-state index contributed by atoms with van der Waals surface area (Å²) in [7, 11) is 0. The van der Waals surface area contributed by atoms with E-state index in [1.54, 1.807) is 0 Å². The zero-order valence-corrected chi connectivity index (χ0v) is 10.4. The van der Waals surface area contributed by atoms with Crippen molar-refractivity contribution in [1.82, 2.24) is 0 Å². The van der Waals surface area contributed by atoms with Gasteiger partial charge in [-0.2, -0.15) is 0 Å². The molecule has 0 spiro atoms. The first kappa shape index (κ1) is 12.4. The third kappa shape index (κ3) is 2.71. The van der Waals surface area contributed by atoms with Gasteiger partial charge in [-0.05, 0) is 22.9 Å². The van der Waals surface area contributed by atoms with Crippen LogP contribution >= 0.6 is 0 Å². The van der Waals surface area contributed by atoms with Gasteiger partial charge in [0, 0.05) is 6.42 Å². The maximum absolute atomic E-state index is 9.80. The van der Waals surface area contributed by atoms with Crippen LogP contribution in [0, 0.1) is 0 Å². The van der Waals surface area contributed by atoms with Crippen LogP contribution in [0.4, 0.5) is 0 Å². The largest absolute Gasteiger partial charge is 0.462 e. The maximum Gasteiger partial charge on any atom is 0.226 e. The Morgan fingerprint density at radius 1 is 1.05 bits per heavy atom. The SMILES string of the molecule is O[C@@H]1CO[C@@H](Oc2ccc3ccccc3c2)[C@H](O)C1. The first-order chi connectivity index (χ1) is 9.22. The molecule has 0 amide bonds. The van der Waals surface area contributed by atoms with E-state index in [0.29, 0.717) is 5.75 Å². The first-order valence-corrected chi connectivity index (χ1v) is 6.35. The fourth-order valence-corrected chi connectivity index (χ4v) is 2.26. The van der Waals surface area contributed by atoms with E-state index in [1.165, 1.54) is 0 Å². The van der Waals surface area contributed by atoms with Gasteiger partial charge in [-0.3, -0.25) is 0 Å². The Balaban J connectivity index is 1.77. The molecule has 0 bridgehead atoms. The van der Waals surface area contributed by atoms with Crippen molar-refractivity contribution in [3.63, 3.8) is 0 Å². The summed E-state index contributed by atoms with van der Waals surface area (Å²) in [6.07, 6.45) is -1.87. The minimum atomic E-state index is -0.810. The summed E-state index contributed by atoms with van der Waals surface area (Å²) in [6, 6.07) is 13.7. The Kier molecular flexibility index (Phi) is 3.38. The summed E-state index contributed by atoms with van der Waals surface area (Å²) < 4.78 is 10.9. The van der Waals surface area contributed by atoms with Gasteiger partial charge in [-0.1, -0.05) is 30.3 Å². The van der Waals surface area contributed by atoms with Crippen LogP contribution in [0.3, 0.4) is 0 Å². The molecule has 1 fully saturated rings. The topological polar surface area (TPSA) is 58.9 Å². The Hall–Kier alpha value is -1.62. The van der Waals surface area contributed by atoms with Crippen molar-refractivity contribution in [1.29, 1.82) is 0 Å². The van der Waals surface area contributed by atoms with Crippen LogP contribution < -0.4 is 4.74 Å². The van der Waals surface area contributed by atoms with Crippen molar-refractivity contribution in [2.24, 2.45) is 0 Å². The third-order valence-corrected chi connectivity index (χ3v) is 3.25. The molecule has 0 radical (unpaired) electrons. The number of hydrogen-bond donors (Lipinski definition) is 2. The van der Waals surface area contributed by atoms with Crippen LogP contribution in [0.5, 0.6) is 5.75 Å². The van der Waals surface area contributed by atoms with E-state index in [0.717, 1.165) is 10.8 Å². The minimum absolute atomic E-state index is 0.190. The van der Waals surface area contributed by atoms with E-state index in [-0.39, 0.29) is 13.0 Å². The number of rotatable bonds is 2. The molecule has 3 rings (SSSR count). The molecule has 3 atom stereocenters. The normalized spacial score (nSPS) is 27.4. The predicted molar refractivity (Wildman–Crippen MR) is 70.9 cm³/mol.